The van der Waals surface area contributed by atoms with Gasteiger partial charge in [0.25, 0.3) is 0 Å². The zero-order chi connectivity index (χ0) is 10.2. The molecule has 0 atom stereocenters. The van der Waals surface area contributed by atoms with Crippen molar-refractivity contribution in [2.75, 3.05) is 6.61 Å². The molecule has 0 amide bonds. The van der Waals surface area contributed by atoms with Crippen LogP contribution >= 0.6 is 0 Å². The van der Waals surface area contributed by atoms with Crippen LogP contribution in [0.25, 0.3) is 0 Å². The third-order valence-corrected chi connectivity index (χ3v) is 7.40. The van der Waals surface area contributed by atoms with Crippen LogP contribution in [0.4, 0.5) is 0 Å². The van der Waals surface area contributed by atoms with Gasteiger partial charge in [-0.3, -0.25) is 0 Å². The van der Waals surface area contributed by atoms with Crippen molar-refractivity contribution in [1.82, 2.24) is 0 Å². The van der Waals surface area contributed by atoms with Gasteiger partial charge >= 0.3 is 0 Å². The molecule has 0 saturated carbocycles. The monoisotopic (exact) mass is 199 g/mol. The topological polar surface area (TPSA) is 33.0 Å². The van der Waals surface area contributed by atoms with Gasteiger partial charge in [-0.05, 0) is 31.5 Å². The lowest BCUT2D eigenvalue weighted by molar-refractivity contribution is 0.319. The molecule has 0 aromatic carbocycles. The van der Waals surface area contributed by atoms with Gasteiger partial charge in [0, 0.05) is 13.0 Å². The predicted molar refractivity (Wildman–Crippen MR) is 58.0 cm³/mol. The van der Waals surface area contributed by atoms with E-state index in [0.717, 1.165) is 19.1 Å². The van der Waals surface area contributed by atoms with Gasteiger partial charge in [-0.2, -0.15) is 5.26 Å². The van der Waals surface area contributed by atoms with Crippen molar-refractivity contribution in [2.45, 2.75) is 51.7 Å². The normalized spacial score (nSPS) is 11.2. The fourth-order valence-corrected chi connectivity index (χ4v) is 4.87. The van der Waals surface area contributed by atoms with Gasteiger partial charge in [-0.25, -0.2) is 0 Å². The lowest BCUT2D eigenvalue weighted by Gasteiger charge is -2.28. The van der Waals surface area contributed by atoms with E-state index in [2.05, 4.69) is 26.8 Å². The summed E-state index contributed by atoms with van der Waals surface area (Å²) in [6, 6.07) is 5.72. The fraction of sp³-hybridized carbons (Fsp3) is 0.900. The minimum absolute atomic E-state index is 0.682. The highest BCUT2D eigenvalue weighted by Crippen LogP contribution is 2.24. The zero-order valence-corrected chi connectivity index (χ0v) is 10.1. The smallest absolute Gasteiger partial charge is 0.192 e. The Bertz CT molecular complexity index is 161. The average molecular weight is 199 g/mol. The molecule has 0 unspecified atom stereocenters. The summed E-state index contributed by atoms with van der Waals surface area (Å²) in [6.07, 6.45) is 1.70. The number of rotatable bonds is 7. The van der Waals surface area contributed by atoms with Gasteiger partial charge in [-0.15, -0.1) is 0 Å². The minimum Gasteiger partial charge on any atom is -0.417 e. The van der Waals surface area contributed by atoms with Crippen molar-refractivity contribution in [3.63, 3.8) is 0 Å². The van der Waals surface area contributed by atoms with Crippen molar-refractivity contribution >= 4 is 8.32 Å². The summed E-state index contributed by atoms with van der Waals surface area (Å²) in [4.78, 5) is 0. The number of unbranched alkanes of at least 4 members (excludes halogenated alkanes) is 1. The molecule has 0 aliphatic carbocycles. The van der Waals surface area contributed by atoms with Crippen LogP contribution in [0.1, 0.15) is 33.6 Å². The van der Waals surface area contributed by atoms with E-state index in [1.165, 1.54) is 12.1 Å². The largest absolute Gasteiger partial charge is 0.417 e. The first kappa shape index (κ1) is 12.7. The first-order chi connectivity index (χ1) is 6.24. The molecular weight excluding hydrogens is 178 g/mol. The van der Waals surface area contributed by atoms with E-state index < -0.39 is 8.32 Å². The lowest BCUT2D eigenvalue weighted by Crippen LogP contribution is -2.36. The Morgan fingerprint density at radius 1 is 1.23 bits per heavy atom. The molecule has 0 aromatic heterocycles. The summed E-state index contributed by atoms with van der Waals surface area (Å²) in [7, 11) is -1.43. The summed E-state index contributed by atoms with van der Waals surface area (Å²) in [5.41, 5.74) is 0. The second-order valence-corrected chi connectivity index (χ2v) is 7.90. The number of nitrogens with zero attached hydrogens (tertiary/aromatic N) is 1. The van der Waals surface area contributed by atoms with Crippen molar-refractivity contribution in [3.8, 4) is 6.07 Å². The maximum atomic E-state index is 8.46. The quantitative estimate of drug-likeness (QED) is 0.465. The Hall–Kier alpha value is -0.333. The van der Waals surface area contributed by atoms with E-state index in [0.29, 0.717) is 6.42 Å². The summed E-state index contributed by atoms with van der Waals surface area (Å²) in [5.74, 6) is 0. The Labute approximate surface area is 83.0 Å². The van der Waals surface area contributed by atoms with Crippen LogP contribution in [0.5, 0.6) is 0 Å². The van der Waals surface area contributed by atoms with Crippen LogP contribution in [0.2, 0.25) is 18.1 Å². The Morgan fingerprint density at radius 2 is 1.85 bits per heavy atom. The van der Waals surface area contributed by atoms with Crippen LogP contribution in [-0.4, -0.2) is 14.9 Å². The van der Waals surface area contributed by atoms with E-state index in [1.807, 2.05) is 0 Å². The first-order valence-electron chi connectivity index (χ1n) is 5.25. The summed E-state index contributed by atoms with van der Waals surface area (Å²) in [5, 5.41) is 8.46. The van der Waals surface area contributed by atoms with E-state index in [9.17, 15) is 0 Å². The third kappa shape index (κ3) is 4.44. The highest BCUT2D eigenvalue weighted by atomic mass is 28.4. The molecule has 0 radical (unpaired) electrons. The van der Waals surface area contributed by atoms with Crippen LogP contribution in [-0.2, 0) is 4.43 Å². The second kappa shape index (κ2) is 7.11. The maximum absolute atomic E-state index is 8.46. The molecule has 0 N–H and O–H groups in total. The van der Waals surface area contributed by atoms with Crippen molar-refractivity contribution in [1.29, 1.82) is 5.26 Å². The molecule has 0 bridgehead atoms. The molecule has 0 aliphatic heterocycles. The Balaban J connectivity index is 3.98. The highest BCUT2D eigenvalue weighted by Gasteiger charge is 2.29. The van der Waals surface area contributed by atoms with Crippen molar-refractivity contribution in [2.24, 2.45) is 0 Å². The number of hydrogen-bond donors (Lipinski definition) is 0. The summed E-state index contributed by atoms with van der Waals surface area (Å²) in [6.45, 7) is 7.34. The number of hydrogen-bond acceptors (Lipinski definition) is 2. The Morgan fingerprint density at radius 3 is 2.23 bits per heavy atom. The summed E-state index contributed by atoms with van der Waals surface area (Å²) < 4.78 is 5.90. The lowest BCUT2D eigenvalue weighted by atomic mass is 10.4. The van der Waals surface area contributed by atoms with E-state index in [1.54, 1.807) is 0 Å². The first-order valence-corrected chi connectivity index (χ1v) is 7.78. The molecule has 3 heteroatoms. The molecule has 0 saturated heterocycles. The minimum atomic E-state index is -1.43. The Kier molecular flexibility index (Phi) is 6.92. The standard InChI is InChI=1S/C10H21NOSi/c1-4-12-13(5-2,6-3)10-8-7-9-11/h4-8,10H2,1-3H3. The van der Waals surface area contributed by atoms with Gasteiger partial charge in [-0.1, -0.05) is 13.8 Å². The van der Waals surface area contributed by atoms with Crippen LogP contribution in [0, 0.1) is 11.3 Å². The van der Waals surface area contributed by atoms with Gasteiger partial charge in [0.2, 0.25) is 0 Å². The zero-order valence-electron chi connectivity index (χ0n) is 9.10. The molecule has 2 nitrogen and oxygen atoms in total. The molecular formula is C10H21NOSi. The molecule has 13 heavy (non-hydrogen) atoms. The van der Waals surface area contributed by atoms with E-state index in [4.69, 9.17) is 9.69 Å². The second-order valence-electron chi connectivity index (χ2n) is 3.33. The van der Waals surface area contributed by atoms with Crippen LogP contribution < -0.4 is 0 Å². The van der Waals surface area contributed by atoms with E-state index >= 15 is 0 Å². The van der Waals surface area contributed by atoms with Gasteiger partial charge in [0.15, 0.2) is 8.32 Å². The highest BCUT2D eigenvalue weighted by molar-refractivity contribution is 6.73. The van der Waals surface area contributed by atoms with Gasteiger partial charge in [0.05, 0.1) is 6.07 Å². The number of nitriles is 1. The molecule has 0 heterocycles. The molecule has 0 fully saturated rings. The predicted octanol–water partition coefficient (Wildman–Crippen LogP) is 3.31. The van der Waals surface area contributed by atoms with Crippen LogP contribution in [0.15, 0.2) is 0 Å². The molecule has 76 valence electrons. The van der Waals surface area contributed by atoms with Crippen molar-refractivity contribution in [3.05, 3.63) is 0 Å². The van der Waals surface area contributed by atoms with Crippen molar-refractivity contribution < 1.29 is 4.43 Å². The SMILES string of the molecule is CCO[Si](CC)(CC)CCCC#N. The fourth-order valence-electron chi connectivity index (χ4n) is 1.68. The molecule has 0 spiro atoms. The average Bonchev–Trinajstić information content (AvgIpc) is 2.17. The molecule has 0 aliphatic rings. The summed E-state index contributed by atoms with van der Waals surface area (Å²) >= 11 is 0. The molecule has 0 aromatic rings. The maximum Gasteiger partial charge on any atom is 0.192 e. The van der Waals surface area contributed by atoms with E-state index in [-0.39, 0.29) is 0 Å². The molecule has 0 rings (SSSR count). The van der Waals surface area contributed by atoms with Gasteiger partial charge < -0.3 is 4.43 Å². The van der Waals surface area contributed by atoms with Gasteiger partial charge in [0.1, 0.15) is 0 Å². The van der Waals surface area contributed by atoms with Crippen LogP contribution in [0.3, 0.4) is 0 Å². The third-order valence-electron chi connectivity index (χ3n) is 2.66.